The molecule has 0 unspecified atom stereocenters. The molecular weight excluding hydrogens is 316 g/mol. The Morgan fingerprint density at radius 1 is 1.28 bits per heavy atom. The Hall–Kier alpha value is -2.14. The second-order valence-corrected chi connectivity index (χ2v) is 7.06. The van der Waals surface area contributed by atoms with E-state index < -0.39 is 0 Å². The molecule has 1 aliphatic heterocycles. The molecular formula is C20H26N2O3. The highest BCUT2D eigenvalue weighted by molar-refractivity contribution is 5.79. The van der Waals surface area contributed by atoms with Crippen molar-refractivity contribution in [2.45, 2.75) is 53.2 Å². The number of hydrogen-bond donors (Lipinski definition) is 0. The van der Waals surface area contributed by atoms with E-state index in [1.54, 1.807) is 0 Å². The SMILES string of the molecule is Cc1ccc(C)c([C@@H]2CN(C(=O)Cc3c(C)noc3C)[C@H](C)CO2)c1. The predicted molar refractivity (Wildman–Crippen MR) is 95.5 cm³/mol. The minimum Gasteiger partial charge on any atom is -0.370 e. The van der Waals surface area contributed by atoms with E-state index in [9.17, 15) is 4.79 Å². The van der Waals surface area contributed by atoms with Gasteiger partial charge in [0, 0.05) is 5.56 Å². The molecule has 2 atom stereocenters. The predicted octanol–water partition coefficient (Wildman–Crippen LogP) is 3.44. The molecule has 134 valence electrons. The molecule has 1 fully saturated rings. The summed E-state index contributed by atoms with van der Waals surface area (Å²) in [5, 5.41) is 3.95. The van der Waals surface area contributed by atoms with E-state index in [0.29, 0.717) is 19.6 Å². The van der Waals surface area contributed by atoms with Gasteiger partial charge in [0.25, 0.3) is 0 Å². The van der Waals surface area contributed by atoms with Gasteiger partial charge in [-0.1, -0.05) is 28.9 Å². The first-order valence-electron chi connectivity index (χ1n) is 8.76. The van der Waals surface area contributed by atoms with Crippen LogP contribution in [0.4, 0.5) is 0 Å². The number of ether oxygens (including phenoxy) is 1. The van der Waals surface area contributed by atoms with Crippen LogP contribution in [0.2, 0.25) is 0 Å². The molecule has 0 radical (unpaired) electrons. The van der Waals surface area contributed by atoms with E-state index in [4.69, 9.17) is 9.26 Å². The Kier molecular flexibility index (Phi) is 4.95. The third kappa shape index (κ3) is 3.61. The number of aryl methyl sites for hydroxylation is 4. The lowest BCUT2D eigenvalue weighted by Gasteiger charge is -2.38. The summed E-state index contributed by atoms with van der Waals surface area (Å²) >= 11 is 0. The third-order valence-corrected chi connectivity index (χ3v) is 5.04. The number of morpholine rings is 1. The van der Waals surface area contributed by atoms with Crippen LogP contribution in [-0.2, 0) is 16.0 Å². The van der Waals surface area contributed by atoms with Gasteiger partial charge in [-0.3, -0.25) is 4.79 Å². The van der Waals surface area contributed by atoms with Crippen molar-refractivity contribution >= 4 is 5.91 Å². The van der Waals surface area contributed by atoms with Crippen LogP contribution >= 0.6 is 0 Å². The first kappa shape index (κ1) is 17.7. The fraction of sp³-hybridized carbons (Fsp3) is 0.500. The van der Waals surface area contributed by atoms with E-state index in [0.717, 1.165) is 17.0 Å². The maximum Gasteiger partial charge on any atom is 0.227 e. The summed E-state index contributed by atoms with van der Waals surface area (Å²) < 4.78 is 11.2. The molecule has 2 heterocycles. The van der Waals surface area contributed by atoms with Crippen molar-refractivity contribution in [2.24, 2.45) is 0 Å². The maximum atomic E-state index is 12.9. The highest BCUT2D eigenvalue weighted by atomic mass is 16.5. The second kappa shape index (κ2) is 7.00. The van der Waals surface area contributed by atoms with E-state index in [2.05, 4.69) is 37.2 Å². The monoisotopic (exact) mass is 342 g/mol. The highest BCUT2D eigenvalue weighted by Gasteiger charge is 2.31. The molecule has 5 heteroatoms. The lowest BCUT2D eigenvalue weighted by molar-refractivity contribution is -0.143. The Balaban J connectivity index is 1.78. The zero-order valence-corrected chi connectivity index (χ0v) is 15.6. The van der Waals surface area contributed by atoms with Crippen molar-refractivity contribution in [1.82, 2.24) is 10.1 Å². The first-order valence-corrected chi connectivity index (χ1v) is 8.76. The number of carbonyl (C=O) groups excluding carboxylic acids is 1. The molecule has 25 heavy (non-hydrogen) atoms. The summed E-state index contributed by atoms with van der Waals surface area (Å²) in [6, 6.07) is 6.44. The molecule has 1 amide bonds. The summed E-state index contributed by atoms with van der Waals surface area (Å²) in [7, 11) is 0. The van der Waals surface area contributed by atoms with Gasteiger partial charge in [-0.15, -0.1) is 0 Å². The van der Waals surface area contributed by atoms with Crippen LogP contribution in [0.5, 0.6) is 0 Å². The molecule has 0 aliphatic carbocycles. The Bertz CT molecular complexity index is 762. The van der Waals surface area contributed by atoms with Gasteiger partial charge in [0.2, 0.25) is 5.91 Å². The highest BCUT2D eigenvalue weighted by Crippen LogP contribution is 2.28. The van der Waals surface area contributed by atoms with Gasteiger partial charge in [-0.25, -0.2) is 0 Å². The summed E-state index contributed by atoms with van der Waals surface area (Å²) in [4.78, 5) is 14.8. The fourth-order valence-corrected chi connectivity index (χ4v) is 3.41. The van der Waals surface area contributed by atoms with Crippen LogP contribution in [0.3, 0.4) is 0 Å². The van der Waals surface area contributed by atoms with Gasteiger partial charge < -0.3 is 14.2 Å². The summed E-state index contributed by atoms with van der Waals surface area (Å²) in [6.45, 7) is 11.1. The zero-order valence-electron chi connectivity index (χ0n) is 15.6. The van der Waals surface area contributed by atoms with Crippen LogP contribution in [0, 0.1) is 27.7 Å². The zero-order chi connectivity index (χ0) is 18.1. The fourth-order valence-electron chi connectivity index (χ4n) is 3.41. The van der Waals surface area contributed by atoms with Crippen molar-refractivity contribution in [3.8, 4) is 0 Å². The standard InChI is InChI=1S/C20H26N2O3/c1-12-6-7-13(2)17(8-12)19-10-22(14(3)11-24-19)20(23)9-18-15(4)21-25-16(18)5/h6-8,14,19H,9-11H2,1-5H3/t14-,19+/m1/s1. The van der Waals surface area contributed by atoms with Gasteiger partial charge in [-0.2, -0.15) is 0 Å². The van der Waals surface area contributed by atoms with Crippen LogP contribution in [0.15, 0.2) is 22.7 Å². The number of benzene rings is 1. The molecule has 3 rings (SSSR count). The Morgan fingerprint density at radius 2 is 2.04 bits per heavy atom. The molecule has 1 saturated heterocycles. The summed E-state index contributed by atoms with van der Waals surface area (Å²) in [6.07, 6.45) is 0.245. The van der Waals surface area contributed by atoms with Gasteiger partial charge >= 0.3 is 0 Å². The number of aromatic nitrogens is 1. The molecule has 1 aromatic heterocycles. The number of amides is 1. The van der Waals surface area contributed by atoms with Crippen LogP contribution in [0.25, 0.3) is 0 Å². The second-order valence-electron chi connectivity index (χ2n) is 7.06. The van der Waals surface area contributed by atoms with E-state index in [1.165, 1.54) is 16.7 Å². The van der Waals surface area contributed by atoms with Crippen molar-refractivity contribution in [3.05, 3.63) is 51.9 Å². The maximum absolute atomic E-state index is 12.9. The van der Waals surface area contributed by atoms with Gasteiger partial charge in [0.1, 0.15) is 11.9 Å². The smallest absolute Gasteiger partial charge is 0.227 e. The quantitative estimate of drug-likeness (QED) is 0.857. The third-order valence-electron chi connectivity index (χ3n) is 5.04. The lowest BCUT2D eigenvalue weighted by atomic mass is 9.98. The number of hydrogen-bond acceptors (Lipinski definition) is 4. The van der Waals surface area contributed by atoms with Gasteiger partial charge in [0.05, 0.1) is 31.3 Å². The van der Waals surface area contributed by atoms with Gasteiger partial charge in [-0.05, 0) is 45.7 Å². The molecule has 1 aliphatic rings. The lowest BCUT2D eigenvalue weighted by Crippen LogP contribution is -2.49. The number of rotatable bonds is 3. The van der Waals surface area contributed by atoms with Crippen molar-refractivity contribution in [3.63, 3.8) is 0 Å². The van der Waals surface area contributed by atoms with E-state index in [-0.39, 0.29) is 18.1 Å². The minimum absolute atomic E-state index is 0.0642. The summed E-state index contributed by atoms with van der Waals surface area (Å²) in [5.74, 6) is 0.818. The van der Waals surface area contributed by atoms with E-state index >= 15 is 0 Å². The average molecular weight is 342 g/mol. The van der Waals surface area contributed by atoms with Crippen LogP contribution in [-0.4, -0.2) is 35.2 Å². The normalized spacial score (nSPS) is 20.8. The summed E-state index contributed by atoms with van der Waals surface area (Å²) in [5.41, 5.74) is 5.26. The molecule has 5 nitrogen and oxygen atoms in total. The number of nitrogens with zero attached hydrogens (tertiary/aromatic N) is 2. The largest absolute Gasteiger partial charge is 0.370 e. The van der Waals surface area contributed by atoms with Crippen molar-refractivity contribution in [1.29, 1.82) is 0 Å². The van der Waals surface area contributed by atoms with E-state index in [1.807, 2.05) is 25.7 Å². The molecule has 0 bridgehead atoms. The number of carbonyl (C=O) groups is 1. The average Bonchev–Trinajstić information content (AvgIpc) is 2.89. The first-order chi connectivity index (χ1) is 11.9. The van der Waals surface area contributed by atoms with Crippen molar-refractivity contribution < 1.29 is 14.1 Å². The van der Waals surface area contributed by atoms with Gasteiger partial charge in [0.15, 0.2) is 0 Å². The Labute approximate surface area is 148 Å². The molecule has 0 spiro atoms. The van der Waals surface area contributed by atoms with Crippen molar-refractivity contribution in [2.75, 3.05) is 13.2 Å². The Morgan fingerprint density at radius 3 is 2.72 bits per heavy atom. The molecule has 0 saturated carbocycles. The molecule has 2 aromatic rings. The molecule has 0 N–H and O–H groups in total. The molecule has 1 aromatic carbocycles. The topological polar surface area (TPSA) is 55.6 Å². The van der Waals surface area contributed by atoms with Crippen LogP contribution < -0.4 is 0 Å². The van der Waals surface area contributed by atoms with Crippen LogP contribution in [0.1, 0.15) is 46.7 Å². The minimum atomic E-state index is -0.0790.